The molecule has 0 spiro atoms. The van der Waals surface area contributed by atoms with Crippen LogP contribution in [0.1, 0.15) is 4.88 Å². The third-order valence-corrected chi connectivity index (χ3v) is 6.45. The number of thiocarbonyl (C=S) groups is 1. The van der Waals surface area contributed by atoms with Gasteiger partial charge in [-0.1, -0.05) is 29.8 Å². The van der Waals surface area contributed by atoms with Crippen LogP contribution in [-0.2, 0) is 9.59 Å². The average molecular weight is 463 g/mol. The predicted molar refractivity (Wildman–Crippen MR) is 116 cm³/mol. The van der Waals surface area contributed by atoms with Crippen molar-refractivity contribution in [3.63, 3.8) is 0 Å². The van der Waals surface area contributed by atoms with Gasteiger partial charge in [-0.25, -0.2) is 9.97 Å². The van der Waals surface area contributed by atoms with E-state index in [1.807, 2.05) is 24.3 Å². The summed E-state index contributed by atoms with van der Waals surface area (Å²) in [6.45, 7) is 3.78. The molecule has 29 heavy (non-hydrogen) atoms. The molecule has 0 unspecified atom stereocenters. The van der Waals surface area contributed by atoms with E-state index in [-0.39, 0.29) is 22.4 Å². The molecule has 0 aliphatic carbocycles. The number of para-hydroxylation sites is 2. The highest BCUT2D eigenvalue weighted by Crippen LogP contribution is 2.37. The van der Waals surface area contributed by atoms with Gasteiger partial charge >= 0.3 is 0 Å². The summed E-state index contributed by atoms with van der Waals surface area (Å²) in [4.78, 5) is 35.2. The van der Waals surface area contributed by atoms with E-state index < -0.39 is 11.8 Å². The Morgan fingerprint density at radius 2 is 2.14 bits per heavy atom. The zero-order valence-corrected chi connectivity index (χ0v) is 17.8. The third kappa shape index (κ3) is 3.97. The first-order chi connectivity index (χ1) is 14.0. The molecule has 1 saturated heterocycles. The lowest BCUT2D eigenvalue weighted by atomic mass is 10.1. The molecule has 7 nitrogen and oxygen atoms in total. The Kier molecular flexibility index (Phi) is 5.50. The fourth-order valence-electron chi connectivity index (χ4n) is 2.52. The van der Waals surface area contributed by atoms with Crippen molar-refractivity contribution < 1.29 is 14.0 Å². The maximum absolute atomic E-state index is 12.6. The number of nitrogens with zero attached hydrogens (tertiary/aromatic N) is 3. The summed E-state index contributed by atoms with van der Waals surface area (Å²) in [6, 6.07) is 7.40. The number of rotatable bonds is 5. The summed E-state index contributed by atoms with van der Waals surface area (Å²) < 4.78 is 6.23. The Balaban J connectivity index is 1.61. The van der Waals surface area contributed by atoms with Crippen molar-refractivity contribution in [2.24, 2.45) is 0 Å². The van der Waals surface area contributed by atoms with Crippen LogP contribution < -0.4 is 5.32 Å². The smallest absolute Gasteiger partial charge is 0.265 e. The Hall–Kier alpha value is -2.53. The number of amides is 2. The van der Waals surface area contributed by atoms with Crippen LogP contribution in [0.5, 0.6) is 0 Å². The van der Waals surface area contributed by atoms with E-state index in [4.69, 9.17) is 28.2 Å². The Labute approximate surface area is 183 Å². The number of oxazole rings is 1. The fourth-order valence-corrected chi connectivity index (χ4v) is 4.96. The van der Waals surface area contributed by atoms with Crippen LogP contribution in [0.25, 0.3) is 17.2 Å². The number of aromatic nitrogens is 2. The first kappa shape index (κ1) is 19.8. The molecule has 4 rings (SSSR count). The zero-order chi connectivity index (χ0) is 20.5. The predicted octanol–water partition coefficient (Wildman–Crippen LogP) is 3.90. The second kappa shape index (κ2) is 8.07. The third-order valence-electron chi connectivity index (χ3n) is 3.81. The van der Waals surface area contributed by atoms with Crippen molar-refractivity contribution in [3.8, 4) is 0 Å². The van der Waals surface area contributed by atoms with Crippen LogP contribution >= 0.6 is 46.9 Å². The summed E-state index contributed by atoms with van der Waals surface area (Å²) in [5.74, 6) is -1.10. The number of nitrogens with one attached hydrogen (secondary N) is 1. The monoisotopic (exact) mass is 462 g/mol. The fraction of sp³-hybridized carbons (Fsp3) is 0.0556. The van der Waals surface area contributed by atoms with Crippen molar-refractivity contribution in [3.05, 3.63) is 52.5 Å². The molecule has 0 radical (unpaired) electrons. The Morgan fingerprint density at radius 3 is 2.90 bits per heavy atom. The van der Waals surface area contributed by atoms with Gasteiger partial charge < -0.3 is 4.42 Å². The van der Waals surface area contributed by atoms with E-state index in [2.05, 4.69) is 21.9 Å². The molecule has 1 aromatic carbocycles. The molecule has 3 heterocycles. The SMILES string of the molecule is C=CCN1C(=O)/C(=C/c2sc(Sc3nc4ccccc4o3)nc2Cl)C(=O)NC1=S. The summed E-state index contributed by atoms with van der Waals surface area (Å²) in [5, 5.41) is 3.12. The summed E-state index contributed by atoms with van der Waals surface area (Å²) >= 11 is 13.7. The number of fused-ring (bicyclic) bond motifs is 1. The van der Waals surface area contributed by atoms with E-state index in [1.165, 1.54) is 40.2 Å². The molecular weight excluding hydrogens is 452 g/mol. The zero-order valence-electron chi connectivity index (χ0n) is 14.5. The Morgan fingerprint density at radius 1 is 1.34 bits per heavy atom. The maximum atomic E-state index is 12.6. The highest BCUT2D eigenvalue weighted by Gasteiger charge is 2.33. The van der Waals surface area contributed by atoms with Crippen LogP contribution in [-0.4, -0.2) is 38.3 Å². The molecule has 0 saturated carbocycles. The number of thiazole rings is 1. The van der Waals surface area contributed by atoms with Gasteiger partial charge in [-0.05, 0) is 30.4 Å². The van der Waals surface area contributed by atoms with Crippen molar-refractivity contribution in [2.45, 2.75) is 9.56 Å². The van der Waals surface area contributed by atoms with Crippen LogP contribution in [0.4, 0.5) is 0 Å². The first-order valence-electron chi connectivity index (χ1n) is 8.16. The van der Waals surface area contributed by atoms with Gasteiger partial charge in [0.05, 0.1) is 4.88 Å². The number of benzene rings is 1. The van der Waals surface area contributed by atoms with E-state index in [9.17, 15) is 9.59 Å². The minimum atomic E-state index is -0.585. The molecule has 2 amide bonds. The van der Waals surface area contributed by atoms with Gasteiger partial charge in [0.2, 0.25) is 0 Å². The molecule has 11 heteroatoms. The highest BCUT2D eigenvalue weighted by atomic mass is 35.5. The van der Waals surface area contributed by atoms with Gasteiger partial charge in [0.1, 0.15) is 16.2 Å². The van der Waals surface area contributed by atoms with Crippen molar-refractivity contribution in [2.75, 3.05) is 6.54 Å². The van der Waals surface area contributed by atoms with Gasteiger partial charge in [-0.15, -0.1) is 17.9 Å². The summed E-state index contributed by atoms with van der Waals surface area (Å²) in [6.07, 6.45) is 2.93. The van der Waals surface area contributed by atoms with Crippen LogP contribution in [0.3, 0.4) is 0 Å². The van der Waals surface area contributed by atoms with E-state index in [1.54, 1.807) is 0 Å². The lowest BCUT2D eigenvalue weighted by molar-refractivity contribution is -0.128. The molecule has 1 fully saturated rings. The number of hydrogen-bond donors (Lipinski definition) is 1. The molecular formula is C18H11ClN4O3S3. The van der Waals surface area contributed by atoms with Crippen molar-refractivity contribution in [1.29, 1.82) is 0 Å². The number of hydrogen-bond acceptors (Lipinski definition) is 8. The second-order valence-electron chi connectivity index (χ2n) is 5.71. The van der Waals surface area contributed by atoms with Crippen molar-refractivity contribution in [1.82, 2.24) is 20.2 Å². The van der Waals surface area contributed by atoms with E-state index in [0.717, 1.165) is 5.52 Å². The highest BCUT2D eigenvalue weighted by molar-refractivity contribution is 8.00. The number of carbonyl (C=O) groups excluding carboxylic acids is 2. The average Bonchev–Trinajstić information content (AvgIpc) is 3.24. The van der Waals surface area contributed by atoms with Crippen LogP contribution in [0.15, 0.2) is 56.5 Å². The lowest BCUT2D eigenvalue weighted by Crippen LogP contribution is -2.53. The van der Waals surface area contributed by atoms with Crippen molar-refractivity contribution >= 4 is 81.0 Å². The first-order valence-corrected chi connectivity index (χ1v) is 10.6. The molecule has 0 atom stereocenters. The molecule has 146 valence electrons. The van der Waals surface area contributed by atoms with E-state index >= 15 is 0 Å². The van der Waals surface area contributed by atoms with Gasteiger partial charge in [0.15, 0.2) is 15.0 Å². The second-order valence-corrected chi connectivity index (χ2v) is 8.68. The minimum absolute atomic E-state index is 0.0413. The largest absolute Gasteiger partial charge is 0.431 e. The molecule has 1 aliphatic heterocycles. The quantitative estimate of drug-likeness (QED) is 0.266. The standard InChI is InChI=1S/C18H11ClN4O3S3/c1-2-7-23-15(25)9(14(24)22-16(23)27)8-12-13(19)21-18(28-12)29-17-20-10-5-3-4-6-11(10)26-17/h2-6,8H,1,7H2,(H,22,24,27)/b9-8+. The van der Waals surface area contributed by atoms with Gasteiger partial charge in [0, 0.05) is 18.3 Å². The molecule has 1 N–H and O–H groups in total. The van der Waals surface area contributed by atoms with Gasteiger partial charge in [0.25, 0.3) is 17.0 Å². The van der Waals surface area contributed by atoms with Gasteiger partial charge in [-0.3, -0.25) is 19.8 Å². The van der Waals surface area contributed by atoms with Gasteiger partial charge in [-0.2, -0.15) is 0 Å². The lowest BCUT2D eigenvalue weighted by Gasteiger charge is -2.27. The van der Waals surface area contributed by atoms with Crippen LogP contribution in [0, 0.1) is 0 Å². The Bertz CT molecular complexity index is 1170. The van der Waals surface area contributed by atoms with E-state index in [0.29, 0.717) is 20.0 Å². The minimum Gasteiger partial charge on any atom is -0.431 e. The molecule has 2 aromatic heterocycles. The number of carbonyl (C=O) groups is 2. The molecule has 3 aromatic rings. The topological polar surface area (TPSA) is 88.3 Å². The number of halogens is 1. The normalized spacial score (nSPS) is 16.0. The maximum Gasteiger partial charge on any atom is 0.265 e. The summed E-state index contributed by atoms with van der Waals surface area (Å²) in [7, 11) is 0. The van der Waals surface area contributed by atoms with Crippen LogP contribution in [0.2, 0.25) is 5.15 Å². The molecule has 0 bridgehead atoms. The summed E-state index contributed by atoms with van der Waals surface area (Å²) in [5.41, 5.74) is 1.33. The molecule has 1 aliphatic rings.